The molecular weight excluding hydrogens is 355 g/mol. The fraction of sp³-hybridized carbons (Fsp3) is 0.125. The van der Waals surface area contributed by atoms with Crippen molar-refractivity contribution in [2.45, 2.75) is 12.5 Å². The number of carbonyl (C=O) groups is 2. The highest BCUT2D eigenvalue weighted by molar-refractivity contribution is 6.30. The van der Waals surface area contributed by atoms with Crippen LogP contribution in [0.5, 0.6) is 0 Å². The molecule has 0 heterocycles. The Hall–Kier alpha value is -3.00. The number of carbonyl (C=O) groups excluding carboxylic acids is 1. The summed E-state index contributed by atoms with van der Waals surface area (Å²) in [5.74, 6) is -2.99. The zero-order chi connectivity index (χ0) is 18.6. The summed E-state index contributed by atoms with van der Waals surface area (Å²) >= 11 is 5.72. The summed E-state index contributed by atoms with van der Waals surface area (Å²) in [6.45, 7) is 0. The molecule has 0 saturated carbocycles. The van der Waals surface area contributed by atoms with Gasteiger partial charge in [-0.25, -0.2) is 4.79 Å². The smallest absolute Gasteiger partial charge is 0.326 e. The second-order valence-electron chi connectivity index (χ2n) is 5.12. The Labute approximate surface area is 146 Å². The van der Waals surface area contributed by atoms with E-state index in [0.717, 1.165) is 12.1 Å². The van der Waals surface area contributed by atoms with E-state index in [4.69, 9.17) is 11.6 Å². The van der Waals surface area contributed by atoms with Gasteiger partial charge in [0.2, 0.25) is 5.82 Å². The van der Waals surface area contributed by atoms with Crippen molar-refractivity contribution in [1.82, 2.24) is 5.32 Å². The molecule has 2 aromatic carbocycles. The largest absolute Gasteiger partial charge is 0.480 e. The first-order chi connectivity index (χ1) is 11.8. The molecule has 0 aliphatic rings. The fourth-order valence-corrected chi connectivity index (χ4v) is 2.23. The molecule has 0 fully saturated rings. The highest BCUT2D eigenvalue weighted by Crippen LogP contribution is 2.19. The molecule has 2 N–H and O–H groups in total. The highest BCUT2D eigenvalue weighted by atomic mass is 35.5. The lowest BCUT2D eigenvalue weighted by atomic mass is 10.0. The fourth-order valence-electron chi connectivity index (χ4n) is 2.10. The zero-order valence-electron chi connectivity index (χ0n) is 12.6. The lowest BCUT2D eigenvalue weighted by molar-refractivity contribution is -0.387. The van der Waals surface area contributed by atoms with E-state index in [2.05, 4.69) is 5.32 Å². The van der Waals surface area contributed by atoms with Gasteiger partial charge in [0.1, 0.15) is 6.04 Å². The summed E-state index contributed by atoms with van der Waals surface area (Å²) in [5.41, 5.74) is -0.344. The minimum absolute atomic E-state index is 0.205. The van der Waals surface area contributed by atoms with Crippen LogP contribution in [0.15, 0.2) is 42.5 Å². The van der Waals surface area contributed by atoms with Gasteiger partial charge in [0.05, 0.1) is 4.92 Å². The second kappa shape index (κ2) is 7.71. The maximum absolute atomic E-state index is 13.3. The van der Waals surface area contributed by atoms with Gasteiger partial charge in [-0.1, -0.05) is 17.7 Å². The maximum Gasteiger partial charge on any atom is 0.326 e. The van der Waals surface area contributed by atoms with E-state index < -0.39 is 34.3 Å². The molecule has 1 amide bonds. The number of carboxylic acid groups (broad SMARTS) is 1. The van der Waals surface area contributed by atoms with Crippen LogP contribution < -0.4 is 5.32 Å². The molecule has 0 aliphatic carbocycles. The Morgan fingerprint density at radius 1 is 1.24 bits per heavy atom. The molecular formula is C16H12ClFN2O5. The maximum atomic E-state index is 13.3. The monoisotopic (exact) mass is 366 g/mol. The van der Waals surface area contributed by atoms with E-state index in [0.29, 0.717) is 5.02 Å². The molecule has 0 unspecified atom stereocenters. The summed E-state index contributed by atoms with van der Waals surface area (Å²) < 4.78 is 13.3. The van der Waals surface area contributed by atoms with Crippen LogP contribution >= 0.6 is 11.6 Å². The summed E-state index contributed by atoms with van der Waals surface area (Å²) in [7, 11) is 0. The molecule has 2 rings (SSSR count). The van der Waals surface area contributed by atoms with Crippen molar-refractivity contribution in [2.75, 3.05) is 0 Å². The number of hydrogen-bond acceptors (Lipinski definition) is 4. The Balaban J connectivity index is 2.17. The number of carboxylic acids is 1. The highest BCUT2D eigenvalue weighted by Gasteiger charge is 2.23. The van der Waals surface area contributed by atoms with Crippen molar-refractivity contribution in [2.24, 2.45) is 0 Å². The van der Waals surface area contributed by atoms with Gasteiger partial charge in [-0.05, 0) is 35.9 Å². The third-order valence-corrected chi connectivity index (χ3v) is 3.61. The number of rotatable bonds is 6. The molecule has 130 valence electrons. The first-order valence-electron chi connectivity index (χ1n) is 7.00. The van der Waals surface area contributed by atoms with Gasteiger partial charge in [0, 0.05) is 23.1 Å². The average molecular weight is 367 g/mol. The number of nitrogens with zero attached hydrogens (tertiary/aromatic N) is 1. The molecule has 1 atom stereocenters. The quantitative estimate of drug-likeness (QED) is 0.603. The molecule has 0 bridgehead atoms. The molecule has 0 saturated heterocycles. The second-order valence-corrected chi connectivity index (χ2v) is 5.55. The zero-order valence-corrected chi connectivity index (χ0v) is 13.4. The number of benzene rings is 2. The van der Waals surface area contributed by atoms with Crippen molar-refractivity contribution >= 4 is 29.2 Å². The molecule has 0 spiro atoms. The van der Waals surface area contributed by atoms with Crippen LogP contribution in [0.3, 0.4) is 0 Å². The van der Waals surface area contributed by atoms with E-state index >= 15 is 0 Å². The van der Waals surface area contributed by atoms with Crippen LogP contribution in [-0.2, 0) is 11.2 Å². The van der Waals surface area contributed by atoms with Crippen LogP contribution in [0.4, 0.5) is 10.1 Å². The predicted molar refractivity (Wildman–Crippen MR) is 87.1 cm³/mol. The van der Waals surface area contributed by atoms with Crippen LogP contribution in [0.25, 0.3) is 0 Å². The molecule has 7 nitrogen and oxygen atoms in total. The average Bonchev–Trinajstić information content (AvgIpc) is 2.56. The van der Waals surface area contributed by atoms with Crippen LogP contribution in [0, 0.1) is 15.9 Å². The first-order valence-corrected chi connectivity index (χ1v) is 7.38. The van der Waals surface area contributed by atoms with E-state index in [1.807, 2.05) is 0 Å². The minimum Gasteiger partial charge on any atom is -0.480 e. The molecule has 0 aromatic heterocycles. The number of hydrogen-bond donors (Lipinski definition) is 2. The lowest BCUT2D eigenvalue weighted by Crippen LogP contribution is -2.42. The predicted octanol–water partition coefficient (Wildman–Crippen LogP) is 2.81. The minimum atomic E-state index is -1.34. The Kier molecular flexibility index (Phi) is 5.66. The number of nitro groups is 1. The summed E-state index contributed by atoms with van der Waals surface area (Å²) in [5, 5.41) is 22.8. The van der Waals surface area contributed by atoms with Crippen LogP contribution in [-0.4, -0.2) is 27.9 Å². The molecule has 25 heavy (non-hydrogen) atoms. The van der Waals surface area contributed by atoms with Crippen molar-refractivity contribution in [3.63, 3.8) is 0 Å². The van der Waals surface area contributed by atoms with E-state index in [1.165, 1.54) is 30.3 Å². The van der Waals surface area contributed by atoms with Gasteiger partial charge in [-0.3, -0.25) is 14.9 Å². The van der Waals surface area contributed by atoms with Crippen LogP contribution in [0.1, 0.15) is 15.9 Å². The molecule has 0 aliphatic heterocycles. The van der Waals surface area contributed by atoms with Crippen molar-refractivity contribution < 1.29 is 24.0 Å². The van der Waals surface area contributed by atoms with E-state index in [9.17, 15) is 29.2 Å². The normalized spacial score (nSPS) is 11.6. The molecule has 2 aromatic rings. The van der Waals surface area contributed by atoms with Crippen molar-refractivity contribution in [3.05, 3.63) is 74.5 Å². The summed E-state index contributed by atoms with van der Waals surface area (Å²) in [6, 6.07) is 7.54. The number of halogens is 2. The summed E-state index contributed by atoms with van der Waals surface area (Å²) in [4.78, 5) is 33.3. The van der Waals surface area contributed by atoms with Gasteiger partial charge >= 0.3 is 11.7 Å². The molecule has 0 radical (unpaired) electrons. The third-order valence-electron chi connectivity index (χ3n) is 3.36. The van der Waals surface area contributed by atoms with Gasteiger partial charge in [0.25, 0.3) is 5.91 Å². The van der Waals surface area contributed by atoms with E-state index in [1.54, 1.807) is 0 Å². The first kappa shape index (κ1) is 18.3. The number of aliphatic carboxylic acids is 1. The van der Waals surface area contributed by atoms with Crippen LogP contribution in [0.2, 0.25) is 5.02 Å². The standard InChI is InChI=1S/C16H12ClFN2O5/c17-11-4-2-10(3-5-11)15(21)19-13(16(22)23)7-9-1-6-12(18)14(8-9)20(24)25/h1-6,8,13H,7H2,(H,19,21)(H,22,23)/t13-/m0/s1. The topological polar surface area (TPSA) is 110 Å². The summed E-state index contributed by atoms with van der Waals surface area (Å²) in [6.07, 6.45) is -0.240. The van der Waals surface area contributed by atoms with Gasteiger partial charge in [0.15, 0.2) is 0 Å². The molecule has 9 heteroatoms. The third kappa shape index (κ3) is 4.74. The lowest BCUT2D eigenvalue weighted by Gasteiger charge is -2.15. The van der Waals surface area contributed by atoms with Gasteiger partial charge in [-0.15, -0.1) is 0 Å². The van der Waals surface area contributed by atoms with Crippen molar-refractivity contribution in [3.8, 4) is 0 Å². The Bertz CT molecular complexity index is 826. The Morgan fingerprint density at radius 2 is 1.88 bits per heavy atom. The number of nitrogens with one attached hydrogen (secondary N) is 1. The van der Waals surface area contributed by atoms with Gasteiger partial charge in [-0.2, -0.15) is 4.39 Å². The van der Waals surface area contributed by atoms with E-state index in [-0.39, 0.29) is 17.5 Å². The van der Waals surface area contributed by atoms with Gasteiger partial charge < -0.3 is 10.4 Å². The van der Waals surface area contributed by atoms with Crippen molar-refractivity contribution in [1.29, 1.82) is 0 Å². The number of amides is 1. The SMILES string of the molecule is O=C(N[C@@H](Cc1ccc(F)c([N+](=O)[O-])c1)C(=O)O)c1ccc(Cl)cc1. The Morgan fingerprint density at radius 3 is 2.44 bits per heavy atom. The number of nitro benzene ring substituents is 1.